The summed E-state index contributed by atoms with van der Waals surface area (Å²) in [5, 5.41) is 6.94. The van der Waals surface area contributed by atoms with Gasteiger partial charge in [0.1, 0.15) is 0 Å². The first-order chi connectivity index (χ1) is 2.64. The van der Waals surface area contributed by atoms with E-state index in [1.54, 1.807) is 0 Å². The first kappa shape index (κ1) is 6.40. The van der Waals surface area contributed by atoms with Crippen LogP contribution in [-0.4, -0.2) is 3.72 Å². The van der Waals surface area contributed by atoms with Gasteiger partial charge in [0.25, 0.3) is 0 Å². The van der Waals surface area contributed by atoms with Crippen molar-refractivity contribution in [3.05, 3.63) is 0 Å². The third-order valence-electron chi connectivity index (χ3n) is 0.507. The molecule has 0 aliphatic rings. The van der Waals surface area contributed by atoms with Crippen LogP contribution in [0.4, 0.5) is 0 Å². The maximum absolute atomic E-state index is 6.94. The summed E-state index contributed by atoms with van der Waals surface area (Å²) in [6.45, 7) is 4.02. The Kier molecular flexibility index (Phi) is 2.72. The first-order valence-electron chi connectivity index (χ1n) is 1.88. The number of nitrogens with one attached hydrogen (secondary N) is 1. The minimum Gasteiger partial charge on any atom is -0.299 e. The molecule has 0 aromatic rings. The van der Waals surface area contributed by atoms with Gasteiger partial charge in [-0.1, -0.05) is 13.8 Å². The summed E-state index contributed by atoms with van der Waals surface area (Å²) < 4.78 is 0.729. The van der Waals surface area contributed by atoms with Crippen molar-refractivity contribution in [2.75, 3.05) is 0 Å². The number of halogens is 1. The monoisotopic (exact) mass is 197 g/mol. The zero-order chi connectivity index (χ0) is 5.15. The molecule has 0 amide bonds. The Labute approximate surface area is 51.8 Å². The second kappa shape index (κ2) is 2.55. The highest BCUT2D eigenvalue weighted by Crippen LogP contribution is 1.99. The van der Waals surface area contributed by atoms with Crippen LogP contribution < -0.4 is 0 Å². The van der Waals surface area contributed by atoms with E-state index >= 15 is 0 Å². The Morgan fingerprint density at radius 1 is 1.67 bits per heavy atom. The second-order valence-corrected chi connectivity index (χ2v) is 2.66. The van der Waals surface area contributed by atoms with E-state index in [2.05, 4.69) is 0 Å². The third kappa shape index (κ3) is 2.63. The molecule has 0 unspecified atom stereocenters. The largest absolute Gasteiger partial charge is 0.299 e. The summed E-state index contributed by atoms with van der Waals surface area (Å²) in [5.41, 5.74) is 0. The van der Waals surface area contributed by atoms with Crippen molar-refractivity contribution in [2.24, 2.45) is 5.92 Å². The second-order valence-electron chi connectivity index (χ2n) is 1.50. The molecular formula is C4H8IN. The molecule has 2 heteroatoms. The van der Waals surface area contributed by atoms with Gasteiger partial charge in [0.05, 0.1) is 3.72 Å². The molecule has 0 rings (SSSR count). The Morgan fingerprint density at radius 2 is 1.83 bits per heavy atom. The van der Waals surface area contributed by atoms with E-state index in [4.69, 9.17) is 5.41 Å². The van der Waals surface area contributed by atoms with Gasteiger partial charge in [0.2, 0.25) is 0 Å². The number of hydrogen-bond donors (Lipinski definition) is 1. The highest BCUT2D eigenvalue weighted by Gasteiger charge is 1.92. The molecule has 36 valence electrons. The molecular weight excluding hydrogens is 189 g/mol. The van der Waals surface area contributed by atoms with E-state index in [9.17, 15) is 0 Å². The molecule has 0 aromatic carbocycles. The summed E-state index contributed by atoms with van der Waals surface area (Å²) in [7, 11) is 0. The molecule has 0 saturated heterocycles. The van der Waals surface area contributed by atoms with E-state index in [1.807, 2.05) is 36.4 Å². The summed E-state index contributed by atoms with van der Waals surface area (Å²) in [4.78, 5) is 0. The van der Waals surface area contributed by atoms with Crippen LogP contribution in [0.5, 0.6) is 0 Å². The maximum Gasteiger partial charge on any atom is 0.0719 e. The maximum atomic E-state index is 6.94. The summed E-state index contributed by atoms with van der Waals surface area (Å²) in [5.74, 6) is 0.422. The summed E-state index contributed by atoms with van der Waals surface area (Å²) >= 11 is 2.02. The molecule has 0 aromatic heterocycles. The van der Waals surface area contributed by atoms with Crippen LogP contribution >= 0.6 is 22.6 Å². The van der Waals surface area contributed by atoms with Crippen LogP contribution in [-0.2, 0) is 0 Å². The standard InChI is InChI=1S/C4H8IN/c1-3(2)4(5)6/h3,6H,1-2H3. The van der Waals surface area contributed by atoms with Gasteiger partial charge in [-0.15, -0.1) is 0 Å². The van der Waals surface area contributed by atoms with E-state index in [-0.39, 0.29) is 0 Å². The van der Waals surface area contributed by atoms with Crippen molar-refractivity contribution in [3.8, 4) is 0 Å². The lowest BCUT2D eigenvalue weighted by atomic mass is 10.3. The van der Waals surface area contributed by atoms with Crippen LogP contribution in [0.15, 0.2) is 0 Å². The molecule has 0 radical (unpaired) electrons. The van der Waals surface area contributed by atoms with Crippen LogP contribution in [0.25, 0.3) is 0 Å². The average Bonchev–Trinajstić information content (AvgIpc) is 1.36. The van der Waals surface area contributed by atoms with Crippen LogP contribution in [0, 0.1) is 11.3 Å². The van der Waals surface area contributed by atoms with E-state index in [0.29, 0.717) is 5.92 Å². The molecule has 6 heavy (non-hydrogen) atoms. The zero-order valence-electron chi connectivity index (χ0n) is 3.96. The molecule has 0 saturated carbocycles. The first-order valence-corrected chi connectivity index (χ1v) is 2.96. The van der Waals surface area contributed by atoms with Gasteiger partial charge in [0, 0.05) is 5.92 Å². The highest BCUT2D eigenvalue weighted by molar-refractivity contribution is 14.1. The Balaban J connectivity index is 3.26. The van der Waals surface area contributed by atoms with Crippen molar-refractivity contribution >= 4 is 26.3 Å². The van der Waals surface area contributed by atoms with Gasteiger partial charge >= 0.3 is 0 Å². The fourth-order valence-corrected chi connectivity index (χ4v) is 0. The predicted octanol–water partition coefficient (Wildman–Crippen LogP) is 2.05. The van der Waals surface area contributed by atoms with Gasteiger partial charge in [-0.3, -0.25) is 5.41 Å². The molecule has 0 aliphatic heterocycles. The Morgan fingerprint density at radius 3 is 1.83 bits per heavy atom. The fraction of sp³-hybridized carbons (Fsp3) is 0.750. The minimum atomic E-state index is 0.422. The normalized spacial score (nSPS) is 9.33. The fourth-order valence-electron chi connectivity index (χ4n) is 0. The lowest BCUT2D eigenvalue weighted by Gasteiger charge is -1.93. The molecule has 0 heterocycles. The molecule has 0 aliphatic carbocycles. The van der Waals surface area contributed by atoms with Gasteiger partial charge < -0.3 is 0 Å². The molecule has 0 bridgehead atoms. The van der Waals surface area contributed by atoms with Gasteiger partial charge in [0.15, 0.2) is 0 Å². The molecule has 0 spiro atoms. The van der Waals surface area contributed by atoms with E-state index < -0.39 is 0 Å². The smallest absolute Gasteiger partial charge is 0.0719 e. The SMILES string of the molecule is CC(C)C(=N)I. The lowest BCUT2D eigenvalue weighted by Crippen LogP contribution is -1.92. The van der Waals surface area contributed by atoms with Crippen LogP contribution in [0.3, 0.4) is 0 Å². The Hall–Kier alpha value is 0.400. The summed E-state index contributed by atoms with van der Waals surface area (Å²) in [6, 6.07) is 0. The summed E-state index contributed by atoms with van der Waals surface area (Å²) in [6.07, 6.45) is 0. The van der Waals surface area contributed by atoms with Crippen LogP contribution in [0.1, 0.15) is 13.8 Å². The molecule has 0 atom stereocenters. The van der Waals surface area contributed by atoms with Crippen molar-refractivity contribution in [2.45, 2.75) is 13.8 Å². The van der Waals surface area contributed by atoms with Crippen molar-refractivity contribution in [1.82, 2.24) is 0 Å². The van der Waals surface area contributed by atoms with Crippen LogP contribution in [0.2, 0.25) is 0 Å². The van der Waals surface area contributed by atoms with Crippen molar-refractivity contribution < 1.29 is 0 Å². The van der Waals surface area contributed by atoms with Gasteiger partial charge in [-0.05, 0) is 22.6 Å². The topological polar surface area (TPSA) is 23.9 Å². The number of rotatable bonds is 1. The van der Waals surface area contributed by atoms with E-state index in [0.717, 1.165) is 3.72 Å². The molecule has 1 N–H and O–H groups in total. The lowest BCUT2D eigenvalue weighted by molar-refractivity contribution is 0.898. The molecule has 0 fully saturated rings. The predicted molar refractivity (Wildman–Crippen MR) is 36.6 cm³/mol. The van der Waals surface area contributed by atoms with Gasteiger partial charge in [-0.2, -0.15) is 0 Å². The zero-order valence-corrected chi connectivity index (χ0v) is 6.11. The third-order valence-corrected chi connectivity index (χ3v) is 1.75. The van der Waals surface area contributed by atoms with E-state index in [1.165, 1.54) is 0 Å². The van der Waals surface area contributed by atoms with Gasteiger partial charge in [-0.25, -0.2) is 0 Å². The molecule has 1 nitrogen and oxygen atoms in total. The average molecular weight is 197 g/mol. The highest BCUT2D eigenvalue weighted by atomic mass is 127. The Bertz CT molecular complexity index is 58.6. The minimum absolute atomic E-state index is 0.422. The van der Waals surface area contributed by atoms with Crippen molar-refractivity contribution in [1.29, 1.82) is 5.41 Å². The van der Waals surface area contributed by atoms with Crippen molar-refractivity contribution in [3.63, 3.8) is 0 Å². The number of hydrogen-bond acceptors (Lipinski definition) is 1. The quantitative estimate of drug-likeness (QED) is 0.491.